The highest BCUT2D eigenvalue weighted by atomic mass is 16.1. The fourth-order valence-corrected chi connectivity index (χ4v) is 1.98. The molecule has 0 atom stereocenters. The van der Waals surface area contributed by atoms with Crippen LogP contribution in [-0.4, -0.2) is 24.5 Å². The maximum absolute atomic E-state index is 12.0. The van der Waals surface area contributed by atoms with Crippen LogP contribution in [0.3, 0.4) is 0 Å². The first kappa shape index (κ1) is 11.4. The summed E-state index contributed by atoms with van der Waals surface area (Å²) in [4.78, 5) is 26.9. The van der Waals surface area contributed by atoms with Gasteiger partial charge in [0.15, 0.2) is 11.5 Å². The van der Waals surface area contributed by atoms with Gasteiger partial charge in [-0.25, -0.2) is 14.8 Å². The number of aryl methyl sites for hydroxylation is 1. The Bertz CT molecular complexity index is 789. The zero-order valence-electron chi connectivity index (χ0n) is 10.3. The fourth-order valence-electron chi connectivity index (χ4n) is 1.98. The summed E-state index contributed by atoms with van der Waals surface area (Å²) in [7, 11) is 0. The number of hydrogen-bond acceptors (Lipinski definition) is 5. The number of rotatable bonds is 2. The number of nitrogens with one attached hydrogen (secondary N) is 1. The molecule has 3 N–H and O–H groups in total. The lowest BCUT2D eigenvalue weighted by Crippen LogP contribution is -2.17. The van der Waals surface area contributed by atoms with Crippen LogP contribution in [0, 0.1) is 6.92 Å². The van der Waals surface area contributed by atoms with Gasteiger partial charge >= 0.3 is 5.69 Å². The molecule has 3 rings (SSSR count). The first-order valence-corrected chi connectivity index (χ1v) is 5.76. The molecule has 0 aromatic carbocycles. The van der Waals surface area contributed by atoms with Gasteiger partial charge in [0.1, 0.15) is 11.3 Å². The highest BCUT2D eigenvalue weighted by Gasteiger charge is 2.12. The Morgan fingerprint density at radius 1 is 1.32 bits per heavy atom. The van der Waals surface area contributed by atoms with E-state index in [0.29, 0.717) is 23.5 Å². The van der Waals surface area contributed by atoms with Gasteiger partial charge in [-0.2, -0.15) is 0 Å². The number of anilines is 1. The molecule has 3 aromatic heterocycles. The van der Waals surface area contributed by atoms with E-state index in [0.717, 1.165) is 5.56 Å². The van der Waals surface area contributed by atoms with E-state index in [9.17, 15) is 4.79 Å². The van der Waals surface area contributed by atoms with E-state index in [2.05, 4.69) is 19.9 Å². The van der Waals surface area contributed by atoms with Gasteiger partial charge in [-0.05, 0) is 24.6 Å². The molecular formula is C12H12N6O. The molecule has 0 aliphatic carbocycles. The number of nitrogens with zero attached hydrogens (tertiary/aromatic N) is 4. The van der Waals surface area contributed by atoms with Crippen molar-refractivity contribution in [3.8, 4) is 0 Å². The van der Waals surface area contributed by atoms with Crippen LogP contribution in [0.25, 0.3) is 11.2 Å². The summed E-state index contributed by atoms with van der Waals surface area (Å²) >= 11 is 0. The van der Waals surface area contributed by atoms with E-state index in [-0.39, 0.29) is 11.5 Å². The standard InChI is InChI=1S/C12H12N6O/c1-7-15-10(13)9-11(16-7)18(12(19)17-9)6-8-2-4-14-5-3-8/h2-5H,6H2,1H3,(H,17,19)(H2,13,15,16). The van der Waals surface area contributed by atoms with Crippen molar-refractivity contribution in [3.63, 3.8) is 0 Å². The summed E-state index contributed by atoms with van der Waals surface area (Å²) in [6, 6.07) is 3.70. The summed E-state index contributed by atoms with van der Waals surface area (Å²) in [6.45, 7) is 2.15. The molecule has 96 valence electrons. The molecule has 0 saturated heterocycles. The highest BCUT2D eigenvalue weighted by Crippen LogP contribution is 2.14. The van der Waals surface area contributed by atoms with E-state index in [4.69, 9.17) is 5.73 Å². The van der Waals surface area contributed by atoms with Crippen molar-refractivity contribution in [2.45, 2.75) is 13.5 Å². The topological polar surface area (TPSA) is 102 Å². The highest BCUT2D eigenvalue weighted by molar-refractivity contribution is 5.81. The molecule has 19 heavy (non-hydrogen) atoms. The number of H-pyrrole nitrogens is 1. The predicted octanol–water partition coefficient (Wildman–Crippen LogP) is 0.454. The summed E-state index contributed by atoms with van der Waals surface area (Å²) in [6.07, 6.45) is 3.37. The normalized spacial score (nSPS) is 11.0. The third kappa shape index (κ3) is 1.95. The smallest absolute Gasteiger partial charge is 0.328 e. The van der Waals surface area contributed by atoms with Gasteiger partial charge in [0.2, 0.25) is 0 Å². The molecule has 0 amide bonds. The van der Waals surface area contributed by atoms with Gasteiger partial charge in [0.05, 0.1) is 6.54 Å². The van der Waals surface area contributed by atoms with Crippen molar-refractivity contribution in [2.24, 2.45) is 0 Å². The van der Waals surface area contributed by atoms with E-state index in [1.807, 2.05) is 12.1 Å². The Morgan fingerprint density at radius 3 is 2.79 bits per heavy atom. The van der Waals surface area contributed by atoms with Crippen LogP contribution in [-0.2, 0) is 6.54 Å². The lowest BCUT2D eigenvalue weighted by atomic mass is 10.3. The van der Waals surface area contributed by atoms with Crippen molar-refractivity contribution in [1.82, 2.24) is 24.5 Å². The second-order valence-corrected chi connectivity index (χ2v) is 4.23. The Kier molecular flexibility index (Phi) is 2.52. The monoisotopic (exact) mass is 256 g/mol. The van der Waals surface area contributed by atoms with Crippen molar-refractivity contribution >= 4 is 17.0 Å². The number of fused-ring (bicyclic) bond motifs is 1. The first-order valence-electron chi connectivity index (χ1n) is 5.76. The van der Waals surface area contributed by atoms with Crippen LogP contribution >= 0.6 is 0 Å². The van der Waals surface area contributed by atoms with Crippen molar-refractivity contribution in [1.29, 1.82) is 0 Å². The van der Waals surface area contributed by atoms with Gasteiger partial charge in [0, 0.05) is 12.4 Å². The Morgan fingerprint density at radius 2 is 2.05 bits per heavy atom. The van der Waals surface area contributed by atoms with E-state index in [1.165, 1.54) is 4.57 Å². The molecule has 0 fully saturated rings. The van der Waals surface area contributed by atoms with Gasteiger partial charge in [-0.1, -0.05) is 0 Å². The summed E-state index contributed by atoms with van der Waals surface area (Å²) in [5.41, 5.74) is 7.50. The number of aromatic amines is 1. The summed E-state index contributed by atoms with van der Waals surface area (Å²) in [5, 5.41) is 0. The van der Waals surface area contributed by atoms with Gasteiger partial charge in [-0.15, -0.1) is 0 Å². The fraction of sp³-hybridized carbons (Fsp3) is 0.167. The van der Waals surface area contributed by atoms with Crippen LogP contribution in [0.5, 0.6) is 0 Å². The summed E-state index contributed by atoms with van der Waals surface area (Å²) < 4.78 is 1.54. The molecule has 3 heterocycles. The zero-order chi connectivity index (χ0) is 13.4. The molecule has 0 unspecified atom stereocenters. The Labute approximate surface area is 108 Å². The third-order valence-corrected chi connectivity index (χ3v) is 2.85. The van der Waals surface area contributed by atoms with Crippen LogP contribution in [0.4, 0.5) is 5.82 Å². The number of pyridine rings is 1. The third-order valence-electron chi connectivity index (χ3n) is 2.85. The van der Waals surface area contributed by atoms with Crippen LogP contribution in [0.15, 0.2) is 29.3 Å². The average Bonchev–Trinajstić information content (AvgIpc) is 2.69. The first-order chi connectivity index (χ1) is 9.15. The second kappa shape index (κ2) is 4.20. The molecule has 0 aliphatic heterocycles. The van der Waals surface area contributed by atoms with Gasteiger partial charge < -0.3 is 10.7 Å². The van der Waals surface area contributed by atoms with Crippen LogP contribution in [0.1, 0.15) is 11.4 Å². The molecule has 7 heteroatoms. The maximum atomic E-state index is 12.0. The Balaban J connectivity index is 2.18. The molecule has 0 bridgehead atoms. The number of hydrogen-bond donors (Lipinski definition) is 2. The van der Waals surface area contributed by atoms with E-state index >= 15 is 0 Å². The largest absolute Gasteiger partial charge is 0.382 e. The molecule has 0 saturated carbocycles. The molecule has 0 spiro atoms. The maximum Gasteiger partial charge on any atom is 0.328 e. The van der Waals surface area contributed by atoms with E-state index < -0.39 is 0 Å². The lowest BCUT2D eigenvalue weighted by molar-refractivity contribution is 0.774. The van der Waals surface area contributed by atoms with Crippen molar-refractivity contribution < 1.29 is 0 Å². The number of nitrogens with two attached hydrogens (primary N) is 1. The molecular weight excluding hydrogens is 244 g/mol. The van der Waals surface area contributed by atoms with Crippen LogP contribution < -0.4 is 11.4 Å². The predicted molar refractivity (Wildman–Crippen MR) is 70.6 cm³/mol. The Hall–Kier alpha value is -2.70. The SMILES string of the molecule is Cc1nc(N)c2[nH]c(=O)n(Cc3ccncc3)c2n1. The average molecular weight is 256 g/mol. The molecule has 0 aliphatic rings. The van der Waals surface area contributed by atoms with Gasteiger partial charge in [0.25, 0.3) is 0 Å². The quantitative estimate of drug-likeness (QED) is 0.693. The molecule has 7 nitrogen and oxygen atoms in total. The van der Waals surface area contributed by atoms with E-state index in [1.54, 1.807) is 19.3 Å². The second-order valence-electron chi connectivity index (χ2n) is 4.23. The lowest BCUT2D eigenvalue weighted by Gasteiger charge is -2.03. The number of imidazole rings is 1. The van der Waals surface area contributed by atoms with Crippen molar-refractivity contribution in [2.75, 3.05) is 5.73 Å². The minimum atomic E-state index is -0.251. The van der Waals surface area contributed by atoms with Gasteiger partial charge in [-0.3, -0.25) is 9.55 Å². The van der Waals surface area contributed by atoms with Crippen molar-refractivity contribution in [3.05, 3.63) is 46.4 Å². The minimum absolute atomic E-state index is 0.251. The number of nitrogen functional groups attached to an aromatic ring is 1. The minimum Gasteiger partial charge on any atom is -0.382 e. The molecule has 0 radical (unpaired) electrons. The zero-order valence-corrected chi connectivity index (χ0v) is 10.3. The number of aromatic nitrogens is 5. The summed E-state index contributed by atoms with van der Waals surface area (Å²) in [5.74, 6) is 0.820. The molecule has 3 aromatic rings. The van der Waals surface area contributed by atoms with Crippen LogP contribution in [0.2, 0.25) is 0 Å².